The van der Waals surface area contributed by atoms with Crippen molar-refractivity contribution in [3.63, 3.8) is 0 Å². The van der Waals surface area contributed by atoms with Gasteiger partial charge in [-0.05, 0) is 56.2 Å². The van der Waals surface area contributed by atoms with Gasteiger partial charge in [-0.1, -0.05) is 91.5 Å². The molecule has 0 bridgehead atoms. The fourth-order valence-corrected chi connectivity index (χ4v) is 7.26. The first-order valence-electron chi connectivity index (χ1n) is 17.2. The molecule has 0 saturated carbocycles. The molecule has 3 heterocycles. The van der Waals surface area contributed by atoms with Gasteiger partial charge in [0.15, 0.2) is 5.78 Å². The number of aliphatic hydroxyl groups is 1. The van der Waals surface area contributed by atoms with Crippen LogP contribution in [0.25, 0.3) is 53.3 Å². The second kappa shape index (κ2) is 14.8. The number of furan rings is 1. The minimum absolute atomic E-state index is 0. The number of aromatic nitrogens is 2. The molecule has 3 aromatic carbocycles. The van der Waals surface area contributed by atoms with Crippen LogP contribution in [-0.4, -0.2) is 20.9 Å². The topological polar surface area (TPSA) is 76.2 Å². The van der Waals surface area contributed by atoms with Crippen molar-refractivity contribution in [3.8, 4) is 11.3 Å². The number of carbonyl (C=O) groups excluding carboxylic acids is 1. The van der Waals surface area contributed by atoms with Gasteiger partial charge in [-0.3, -0.25) is 9.78 Å². The Labute approximate surface area is 308 Å². The molecule has 49 heavy (non-hydrogen) atoms. The number of thiophene rings is 1. The van der Waals surface area contributed by atoms with Crippen molar-refractivity contribution in [1.29, 1.82) is 0 Å². The Hall–Kier alpha value is -3.38. The van der Waals surface area contributed by atoms with Crippen molar-refractivity contribution in [3.05, 3.63) is 84.1 Å². The van der Waals surface area contributed by atoms with E-state index in [0.29, 0.717) is 0 Å². The molecule has 0 aliphatic carbocycles. The number of ketones is 1. The van der Waals surface area contributed by atoms with Gasteiger partial charge in [0.25, 0.3) is 0 Å². The van der Waals surface area contributed by atoms with Crippen molar-refractivity contribution < 1.29 is 34.4 Å². The zero-order valence-corrected chi connectivity index (χ0v) is 33.7. The molecule has 0 aliphatic heterocycles. The molecule has 6 rings (SSSR count). The predicted molar refractivity (Wildman–Crippen MR) is 203 cm³/mol. The SMILES string of the molecule is CCC(C)(CC)C(=O)/C=C(\O)C(C)(CC)CC.Cc1cc2c(ccc3sc4ncnc(-c5[c-]c6ccccc6c(C(C)(C)C)c5)c4c32)o1.[Ir]. The second-order valence-corrected chi connectivity index (χ2v) is 15.6. The Bertz CT molecular complexity index is 2140. The van der Waals surface area contributed by atoms with Crippen molar-refractivity contribution in [2.24, 2.45) is 10.8 Å². The normalized spacial score (nSPS) is 12.7. The minimum Gasteiger partial charge on any atom is -0.512 e. The number of hydrogen-bond acceptors (Lipinski definition) is 6. The summed E-state index contributed by atoms with van der Waals surface area (Å²) in [4.78, 5) is 22.6. The molecule has 0 amide bonds. The van der Waals surface area contributed by atoms with Gasteiger partial charge in [-0.2, -0.15) is 0 Å². The van der Waals surface area contributed by atoms with Crippen LogP contribution in [0.1, 0.15) is 99.3 Å². The van der Waals surface area contributed by atoms with Crippen LogP contribution in [0.5, 0.6) is 0 Å². The fraction of sp³-hybridized carbons (Fsp3) is 0.405. The molecule has 0 saturated heterocycles. The van der Waals surface area contributed by atoms with Crippen molar-refractivity contribution in [2.45, 2.75) is 100 Å². The van der Waals surface area contributed by atoms with E-state index in [9.17, 15) is 9.90 Å². The van der Waals surface area contributed by atoms with Crippen LogP contribution in [0.3, 0.4) is 0 Å². The van der Waals surface area contributed by atoms with Crippen LogP contribution in [-0.2, 0) is 30.3 Å². The van der Waals surface area contributed by atoms with Crippen LogP contribution in [0.4, 0.5) is 0 Å². The van der Waals surface area contributed by atoms with Crippen LogP contribution in [0.15, 0.2) is 71.1 Å². The van der Waals surface area contributed by atoms with Gasteiger partial charge in [0.2, 0.25) is 0 Å². The summed E-state index contributed by atoms with van der Waals surface area (Å²) in [6.07, 6.45) is 6.43. The maximum Gasteiger partial charge on any atom is 0.164 e. The average molecular weight is 854 g/mol. The maximum atomic E-state index is 12.2. The first-order valence-corrected chi connectivity index (χ1v) is 18.0. The summed E-state index contributed by atoms with van der Waals surface area (Å²) in [5.74, 6) is 1.20. The molecule has 0 fully saturated rings. The smallest absolute Gasteiger partial charge is 0.164 e. The van der Waals surface area contributed by atoms with Crippen LogP contribution >= 0.6 is 11.3 Å². The Balaban J connectivity index is 0.000000260. The van der Waals surface area contributed by atoms with E-state index in [0.717, 1.165) is 69.3 Å². The van der Waals surface area contributed by atoms with Gasteiger partial charge in [0.1, 0.15) is 28.3 Å². The molecular weight excluding hydrogens is 805 g/mol. The first kappa shape index (κ1) is 38.4. The summed E-state index contributed by atoms with van der Waals surface area (Å²) in [5, 5.41) is 15.9. The van der Waals surface area contributed by atoms with Gasteiger partial charge >= 0.3 is 0 Å². The van der Waals surface area contributed by atoms with Gasteiger partial charge in [0, 0.05) is 63.6 Å². The zero-order chi connectivity index (χ0) is 35.0. The fourth-order valence-electron chi connectivity index (χ4n) is 6.20. The second-order valence-electron chi connectivity index (χ2n) is 14.5. The number of aliphatic hydroxyl groups excluding tert-OH is 1. The Morgan fingerprint density at radius 3 is 2.16 bits per heavy atom. The summed E-state index contributed by atoms with van der Waals surface area (Å²) in [6.45, 7) is 20.8. The Morgan fingerprint density at radius 2 is 1.53 bits per heavy atom. The van der Waals surface area contributed by atoms with E-state index in [4.69, 9.17) is 9.40 Å². The van der Waals surface area contributed by atoms with E-state index in [1.165, 1.54) is 27.1 Å². The molecule has 7 heteroatoms. The number of hydrogen-bond donors (Lipinski definition) is 1. The number of allylic oxidation sites excluding steroid dienone is 2. The molecule has 1 radical (unpaired) electrons. The molecule has 6 aromatic rings. The standard InChI is InChI=1S/C27H21N2OS.C15H28O2.Ir/c1-15-11-19-21(30-15)9-10-22-23(19)24-25(28-14-29-26(24)31-22)17-12-16-7-5-6-8-18(16)20(13-17)27(2,3)4;1-7-14(5,8-2)12(16)11-13(17)15(6,9-3)10-4;/h5-11,13-14H,1-4H3;11,16H,7-10H2,1-6H3;/q-1;;/b;12-11-;. The van der Waals surface area contributed by atoms with E-state index in [-0.39, 0.29) is 47.9 Å². The largest absolute Gasteiger partial charge is 0.512 e. The van der Waals surface area contributed by atoms with E-state index < -0.39 is 0 Å². The van der Waals surface area contributed by atoms with Gasteiger partial charge in [0.05, 0.1) is 0 Å². The number of benzene rings is 3. The van der Waals surface area contributed by atoms with Gasteiger partial charge < -0.3 is 9.52 Å². The quantitative estimate of drug-likeness (QED) is 0.0938. The van der Waals surface area contributed by atoms with Crippen molar-refractivity contribution >= 4 is 59.2 Å². The van der Waals surface area contributed by atoms with E-state index >= 15 is 0 Å². The van der Waals surface area contributed by atoms with E-state index in [1.807, 2.05) is 54.5 Å². The van der Waals surface area contributed by atoms with Gasteiger partial charge in [-0.25, -0.2) is 4.98 Å². The number of carbonyl (C=O) groups is 1. The third kappa shape index (κ3) is 7.40. The number of nitrogens with zero attached hydrogens (tertiary/aromatic N) is 2. The van der Waals surface area contributed by atoms with Crippen LogP contribution in [0, 0.1) is 23.8 Å². The van der Waals surface area contributed by atoms with E-state index in [1.54, 1.807) is 17.7 Å². The summed E-state index contributed by atoms with van der Waals surface area (Å²) in [5.41, 5.74) is 3.53. The molecule has 0 spiro atoms. The summed E-state index contributed by atoms with van der Waals surface area (Å²) in [7, 11) is 0. The zero-order valence-electron chi connectivity index (χ0n) is 30.5. The molecule has 5 nitrogen and oxygen atoms in total. The van der Waals surface area contributed by atoms with Crippen LogP contribution in [0.2, 0.25) is 0 Å². The number of fused-ring (bicyclic) bond motifs is 6. The van der Waals surface area contributed by atoms with Crippen LogP contribution < -0.4 is 0 Å². The third-order valence-corrected chi connectivity index (χ3v) is 11.6. The molecule has 261 valence electrons. The molecule has 1 N–H and O–H groups in total. The maximum absolute atomic E-state index is 12.2. The summed E-state index contributed by atoms with van der Waals surface area (Å²) in [6, 6.07) is 20.7. The van der Waals surface area contributed by atoms with Gasteiger partial charge in [-0.15, -0.1) is 40.5 Å². The molecular formula is C42H49IrN2O3S-. The molecule has 0 aliphatic rings. The molecule has 3 aromatic heterocycles. The molecule has 0 unspecified atom stereocenters. The van der Waals surface area contributed by atoms with Crippen molar-refractivity contribution in [1.82, 2.24) is 9.97 Å². The molecule has 0 atom stereocenters. The first-order chi connectivity index (χ1) is 22.7. The predicted octanol–water partition coefficient (Wildman–Crippen LogP) is 12.5. The summed E-state index contributed by atoms with van der Waals surface area (Å²) >= 11 is 1.70. The Kier molecular flexibility index (Phi) is 11.6. The number of rotatable bonds is 8. The van der Waals surface area contributed by atoms with Crippen molar-refractivity contribution in [2.75, 3.05) is 0 Å². The summed E-state index contributed by atoms with van der Waals surface area (Å²) < 4.78 is 7.11. The minimum atomic E-state index is -0.337. The average Bonchev–Trinajstić information content (AvgIpc) is 3.66. The van der Waals surface area contributed by atoms with E-state index in [2.05, 4.69) is 74.3 Å². The number of aryl methyl sites for hydroxylation is 1. The monoisotopic (exact) mass is 854 g/mol. The Morgan fingerprint density at radius 1 is 0.878 bits per heavy atom. The third-order valence-electron chi connectivity index (χ3n) is 10.5.